The average molecular weight is 482 g/mol. The zero-order chi connectivity index (χ0) is 24.1. The molecule has 0 bridgehead atoms. The van der Waals surface area contributed by atoms with E-state index in [0.717, 1.165) is 12.0 Å². The molecule has 1 fully saturated rings. The van der Waals surface area contributed by atoms with Crippen molar-refractivity contribution < 1.29 is 14.4 Å². The van der Waals surface area contributed by atoms with Gasteiger partial charge in [-0.2, -0.15) is 0 Å². The molecule has 1 saturated heterocycles. The average Bonchev–Trinajstić information content (AvgIpc) is 3.32. The summed E-state index contributed by atoms with van der Waals surface area (Å²) in [5, 5.41) is 18.9. The molecular formula is C25H25ClFN5O2. The number of nitrogens with one attached hydrogen (secondary N) is 2. The highest BCUT2D eigenvalue weighted by Gasteiger charge is 2.25. The Labute approximate surface area is 202 Å². The van der Waals surface area contributed by atoms with E-state index in [2.05, 4.69) is 15.8 Å². The molecule has 0 aromatic heterocycles. The molecule has 176 valence electrons. The van der Waals surface area contributed by atoms with Crippen molar-refractivity contribution in [3.8, 4) is 0 Å². The molecule has 7 nitrogen and oxygen atoms in total. The quantitative estimate of drug-likeness (QED) is 0.277. The molecule has 1 unspecified atom stereocenters. The minimum atomic E-state index is -1.00. The molecule has 0 saturated carbocycles. The Morgan fingerprint density at radius 1 is 1.15 bits per heavy atom. The lowest BCUT2D eigenvalue weighted by Gasteiger charge is -2.22. The Morgan fingerprint density at radius 3 is 2.71 bits per heavy atom. The van der Waals surface area contributed by atoms with Gasteiger partial charge in [-0.15, -0.1) is 0 Å². The normalized spacial score (nSPS) is 15.4. The van der Waals surface area contributed by atoms with Crippen LogP contribution in [0.1, 0.15) is 30.0 Å². The van der Waals surface area contributed by atoms with Crippen molar-refractivity contribution >= 4 is 40.4 Å². The zero-order valence-electron chi connectivity index (χ0n) is 18.3. The fraction of sp³-hybridized carbons (Fsp3) is 0.200. The second-order valence-electron chi connectivity index (χ2n) is 7.93. The molecule has 3 aromatic rings. The summed E-state index contributed by atoms with van der Waals surface area (Å²) in [7, 11) is 0. The van der Waals surface area contributed by atoms with Crippen molar-refractivity contribution in [2.45, 2.75) is 25.4 Å². The van der Waals surface area contributed by atoms with Gasteiger partial charge in [0.1, 0.15) is 17.7 Å². The van der Waals surface area contributed by atoms with Gasteiger partial charge in [0.25, 0.3) is 5.91 Å². The molecule has 34 heavy (non-hydrogen) atoms. The lowest BCUT2D eigenvalue weighted by Crippen LogP contribution is -2.28. The van der Waals surface area contributed by atoms with Gasteiger partial charge in [-0.1, -0.05) is 47.1 Å². The first-order chi connectivity index (χ1) is 16.5. The number of nitrogens with zero attached hydrogens (tertiary/aromatic N) is 2. The molecule has 1 aliphatic heterocycles. The van der Waals surface area contributed by atoms with Crippen molar-refractivity contribution in [3.63, 3.8) is 0 Å². The third-order valence-electron chi connectivity index (χ3n) is 5.67. The number of rotatable bonds is 7. The van der Waals surface area contributed by atoms with Crippen LogP contribution in [0, 0.1) is 5.82 Å². The van der Waals surface area contributed by atoms with Crippen LogP contribution in [0.2, 0.25) is 5.02 Å². The highest BCUT2D eigenvalue weighted by atomic mass is 35.5. The smallest absolute Gasteiger partial charge is 0.251 e. The van der Waals surface area contributed by atoms with Crippen molar-refractivity contribution in [2.24, 2.45) is 10.9 Å². The first-order valence-corrected chi connectivity index (χ1v) is 11.3. The van der Waals surface area contributed by atoms with Crippen LogP contribution in [0.5, 0.6) is 0 Å². The Kier molecular flexibility index (Phi) is 7.30. The fourth-order valence-electron chi connectivity index (χ4n) is 3.99. The predicted octanol–water partition coefficient (Wildman–Crippen LogP) is 5.12. The third-order valence-corrected chi connectivity index (χ3v) is 5.97. The zero-order valence-corrected chi connectivity index (χ0v) is 19.1. The monoisotopic (exact) mass is 481 g/mol. The lowest BCUT2D eigenvalue weighted by molar-refractivity contribution is -0.117. The fourth-order valence-corrected chi connectivity index (χ4v) is 4.27. The van der Waals surface area contributed by atoms with Crippen molar-refractivity contribution in [1.29, 1.82) is 0 Å². The van der Waals surface area contributed by atoms with Gasteiger partial charge in [0.2, 0.25) is 0 Å². The van der Waals surface area contributed by atoms with Gasteiger partial charge in [0.05, 0.1) is 10.7 Å². The first kappa shape index (κ1) is 23.5. The van der Waals surface area contributed by atoms with E-state index < -0.39 is 17.8 Å². The van der Waals surface area contributed by atoms with Gasteiger partial charge in [0, 0.05) is 36.4 Å². The summed E-state index contributed by atoms with van der Waals surface area (Å²) >= 11 is 6.48. The molecule has 1 heterocycles. The van der Waals surface area contributed by atoms with E-state index in [0.29, 0.717) is 47.4 Å². The SMILES string of the molecule is NCc1cccc(NC(C(=O)Nc2ccc(N3CCC/C3=N\O)c(Cl)c2)c2ccccc2F)c1. The van der Waals surface area contributed by atoms with Crippen LogP contribution in [-0.4, -0.2) is 23.5 Å². The number of carbonyl (C=O) groups is 1. The maximum atomic E-state index is 14.6. The van der Waals surface area contributed by atoms with Crippen LogP contribution in [0.4, 0.5) is 21.5 Å². The van der Waals surface area contributed by atoms with Crippen molar-refractivity contribution in [3.05, 3.63) is 88.7 Å². The molecule has 0 radical (unpaired) electrons. The lowest BCUT2D eigenvalue weighted by atomic mass is 10.0. The highest BCUT2D eigenvalue weighted by molar-refractivity contribution is 6.34. The predicted molar refractivity (Wildman–Crippen MR) is 133 cm³/mol. The molecule has 1 aliphatic rings. The van der Waals surface area contributed by atoms with Crippen LogP contribution in [0.15, 0.2) is 71.9 Å². The molecule has 1 atom stereocenters. The number of nitrogens with two attached hydrogens (primary N) is 1. The number of amides is 1. The van der Waals surface area contributed by atoms with E-state index in [9.17, 15) is 14.4 Å². The molecule has 4 rings (SSSR count). The molecule has 1 amide bonds. The Balaban J connectivity index is 1.59. The molecule has 5 N–H and O–H groups in total. The second-order valence-corrected chi connectivity index (χ2v) is 8.34. The second kappa shape index (κ2) is 10.5. The van der Waals surface area contributed by atoms with Gasteiger partial charge in [-0.25, -0.2) is 4.39 Å². The van der Waals surface area contributed by atoms with E-state index in [4.69, 9.17) is 17.3 Å². The van der Waals surface area contributed by atoms with E-state index in [-0.39, 0.29) is 5.56 Å². The summed E-state index contributed by atoms with van der Waals surface area (Å²) in [5.74, 6) is -0.406. The molecular weight excluding hydrogens is 457 g/mol. The maximum absolute atomic E-state index is 14.6. The van der Waals surface area contributed by atoms with Gasteiger partial charge < -0.3 is 26.5 Å². The number of amidine groups is 1. The molecule has 9 heteroatoms. The Bertz CT molecular complexity index is 1220. The van der Waals surface area contributed by atoms with Crippen LogP contribution in [0.25, 0.3) is 0 Å². The molecule has 3 aromatic carbocycles. The van der Waals surface area contributed by atoms with E-state index in [1.54, 1.807) is 42.5 Å². The van der Waals surface area contributed by atoms with E-state index in [1.807, 2.05) is 23.1 Å². The number of benzene rings is 3. The van der Waals surface area contributed by atoms with Gasteiger partial charge in [-0.3, -0.25) is 4.79 Å². The summed E-state index contributed by atoms with van der Waals surface area (Å²) < 4.78 is 14.6. The van der Waals surface area contributed by atoms with Gasteiger partial charge in [-0.05, 0) is 48.4 Å². The summed E-state index contributed by atoms with van der Waals surface area (Å²) in [6.45, 7) is 1.03. The first-order valence-electron chi connectivity index (χ1n) is 10.9. The standard InChI is InChI=1S/C25H25ClFN5O2/c26-20-14-18(10-11-22(20)32-12-4-9-23(32)31-34)30-25(33)24(19-7-1-2-8-21(19)27)29-17-6-3-5-16(13-17)15-28/h1-3,5-8,10-11,13-14,24,29,34H,4,9,12,15,28H2,(H,30,33)/b31-23+. The number of halogens is 2. The number of carbonyl (C=O) groups excluding carboxylic acids is 1. The number of hydrogen-bond acceptors (Lipinski definition) is 5. The van der Waals surface area contributed by atoms with Crippen LogP contribution >= 0.6 is 11.6 Å². The largest absolute Gasteiger partial charge is 0.409 e. The van der Waals surface area contributed by atoms with Gasteiger partial charge in [0.15, 0.2) is 0 Å². The molecule has 0 spiro atoms. The van der Waals surface area contributed by atoms with E-state index in [1.165, 1.54) is 6.07 Å². The third kappa shape index (κ3) is 5.13. The van der Waals surface area contributed by atoms with Crippen molar-refractivity contribution in [1.82, 2.24) is 0 Å². The van der Waals surface area contributed by atoms with Gasteiger partial charge >= 0.3 is 0 Å². The van der Waals surface area contributed by atoms with Crippen LogP contribution in [-0.2, 0) is 11.3 Å². The Hall–Kier alpha value is -3.62. The Morgan fingerprint density at radius 2 is 1.97 bits per heavy atom. The highest BCUT2D eigenvalue weighted by Crippen LogP contribution is 2.33. The number of hydrogen-bond donors (Lipinski definition) is 4. The minimum absolute atomic E-state index is 0.210. The van der Waals surface area contributed by atoms with Crippen LogP contribution < -0.4 is 21.3 Å². The number of oxime groups is 1. The topological polar surface area (TPSA) is 103 Å². The van der Waals surface area contributed by atoms with Crippen LogP contribution in [0.3, 0.4) is 0 Å². The van der Waals surface area contributed by atoms with Crippen molar-refractivity contribution in [2.75, 3.05) is 22.1 Å². The maximum Gasteiger partial charge on any atom is 0.251 e. The minimum Gasteiger partial charge on any atom is -0.409 e. The summed E-state index contributed by atoms with van der Waals surface area (Å²) in [4.78, 5) is 15.1. The summed E-state index contributed by atoms with van der Waals surface area (Å²) in [6.07, 6.45) is 1.52. The summed E-state index contributed by atoms with van der Waals surface area (Å²) in [6, 6.07) is 17.5. The van der Waals surface area contributed by atoms with E-state index >= 15 is 0 Å². The summed E-state index contributed by atoms with van der Waals surface area (Å²) in [5.41, 5.74) is 8.61. The number of anilines is 3. The molecule has 0 aliphatic carbocycles.